The molecule has 0 aromatic carbocycles. The fourth-order valence-corrected chi connectivity index (χ4v) is 3.85. The van der Waals surface area contributed by atoms with E-state index < -0.39 is 0 Å². The SMILES string of the molecule is Cc1nn(C)c(C)c1CN(C(=O)[C@H]1CCCN(CC(N)=O)C1)C1CC1. The first kappa shape index (κ1) is 17.9. The van der Waals surface area contributed by atoms with Gasteiger partial charge in [0.2, 0.25) is 11.8 Å². The number of hydrogen-bond acceptors (Lipinski definition) is 4. The topological polar surface area (TPSA) is 84.5 Å². The summed E-state index contributed by atoms with van der Waals surface area (Å²) in [4.78, 5) is 28.5. The van der Waals surface area contributed by atoms with Crippen molar-refractivity contribution >= 4 is 11.8 Å². The molecule has 1 aromatic heterocycles. The maximum atomic E-state index is 13.2. The maximum absolute atomic E-state index is 13.2. The van der Waals surface area contributed by atoms with Gasteiger partial charge in [-0.2, -0.15) is 5.10 Å². The van der Waals surface area contributed by atoms with E-state index in [1.54, 1.807) is 0 Å². The quantitative estimate of drug-likeness (QED) is 0.822. The van der Waals surface area contributed by atoms with E-state index in [9.17, 15) is 9.59 Å². The summed E-state index contributed by atoms with van der Waals surface area (Å²) in [7, 11) is 1.94. The lowest BCUT2D eigenvalue weighted by Gasteiger charge is -2.34. The van der Waals surface area contributed by atoms with Crippen LogP contribution in [0.5, 0.6) is 0 Å². The molecule has 138 valence electrons. The van der Waals surface area contributed by atoms with Crippen molar-refractivity contribution in [2.24, 2.45) is 18.7 Å². The van der Waals surface area contributed by atoms with Gasteiger partial charge in [0.15, 0.2) is 0 Å². The van der Waals surface area contributed by atoms with Crippen molar-refractivity contribution in [3.05, 3.63) is 17.0 Å². The Morgan fingerprint density at radius 3 is 2.56 bits per heavy atom. The monoisotopic (exact) mass is 347 g/mol. The number of aryl methyl sites for hydroxylation is 2. The van der Waals surface area contributed by atoms with E-state index in [1.165, 1.54) is 0 Å². The van der Waals surface area contributed by atoms with Gasteiger partial charge in [0.1, 0.15) is 0 Å². The third-order valence-corrected chi connectivity index (χ3v) is 5.49. The van der Waals surface area contributed by atoms with E-state index in [1.807, 2.05) is 23.6 Å². The Bertz CT molecular complexity index is 665. The second kappa shape index (κ2) is 7.15. The molecule has 2 heterocycles. The zero-order chi connectivity index (χ0) is 18.1. The Labute approximate surface area is 149 Å². The average molecular weight is 347 g/mol. The van der Waals surface area contributed by atoms with Crippen LogP contribution < -0.4 is 5.73 Å². The van der Waals surface area contributed by atoms with E-state index in [2.05, 4.69) is 16.9 Å². The Hall–Kier alpha value is -1.89. The minimum atomic E-state index is -0.325. The molecule has 0 bridgehead atoms. The molecule has 7 heteroatoms. The lowest BCUT2D eigenvalue weighted by molar-refractivity contribution is -0.139. The van der Waals surface area contributed by atoms with Crippen molar-refractivity contribution in [3.8, 4) is 0 Å². The van der Waals surface area contributed by atoms with Crippen LogP contribution in [0.3, 0.4) is 0 Å². The van der Waals surface area contributed by atoms with Crippen LogP contribution in [0, 0.1) is 19.8 Å². The Balaban J connectivity index is 1.72. The molecule has 0 spiro atoms. The summed E-state index contributed by atoms with van der Waals surface area (Å²) in [6, 6.07) is 0.359. The zero-order valence-corrected chi connectivity index (χ0v) is 15.5. The number of nitrogens with zero attached hydrogens (tertiary/aromatic N) is 4. The number of rotatable bonds is 6. The molecule has 2 aliphatic rings. The van der Waals surface area contributed by atoms with E-state index in [-0.39, 0.29) is 24.3 Å². The number of piperidine rings is 1. The minimum Gasteiger partial charge on any atom is -0.369 e. The van der Waals surface area contributed by atoms with E-state index in [0.29, 0.717) is 19.1 Å². The van der Waals surface area contributed by atoms with Gasteiger partial charge in [0.25, 0.3) is 0 Å². The third kappa shape index (κ3) is 4.03. The summed E-state index contributed by atoms with van der Waals surface area (Å²) in [5, 5.41) is 4.48. The molecule has 1 aliphatic heterocycles. The summed E-state index contributed by atoms with van der Waals surface area (Å²) in [5.41, 5.74) is 8.59. The number of carbonyl (C=O) groups is 2. The molecule has 3 rings (SSSR count). The van der Waals surface area contributed by atoms with Gasteiger partial charge in [0, 0.05) is 37.4 Å². The molecule has 7 nitrogen and oxygen atoms in total. The normalized spacial score (nSPS) is 21.3. The van der Waals surface area contributed by atoms with Crippen molar-refractivity contribution in [1.29, 1.82) is 0 Å². The molecule has 0 unspecified atom stereocenters. The van der Waals surface area contributed by atoms with Crippen molar-refractivity contribution in [3.63, 3.8) is 0 Å². The summed E-state index contributed by atoms with van der Waals surface area (Å²) in [5.74, 6) is -0.140. The molecule has 1 saturated heterocycles. The predicted molar refractivity (Wildman–Crippen MR) is 94.6 cm³/mol. The van der Waals surface area contributed by atoms with Crippen molar-refractivity contribution in [2.45, 2.75) is 52.1 Å². The molecular weight excluding hydrogens is 318 g/mol. The zero-order valence-electron chi connectivity index (χ0n) is 15.5. The predicted octanol–water partition coefficient (Wildman–Crippen LogP) is 0.725. The first-order chi connectivity index (χ1) is 11.9. The van der Waals surface area contributed by atoms with Crippen LogP contribution in [0.2, 0.25) is 0 Å². The highest BCUT2D eigenvalue weighted by atomic mass is 16.2. The lowest BCUT2D eigenvalue weighted by Crippen LogP contribution is -2.47. The van der Waals surface area contributed by atoms with Crippen LogP contribution >= 0.6 is 0 Å². The van der Waals surface area contributed by atoms with Gasteiger partial charge in [0.05, 0.1) is 18.2 Å². The number of primary amides is 1. The fraction of sp³-hybridized carbons (Fsp3) is 0.722. The summed E-state index contributed by atoms with van der Waals surface area (Å²) < 4.78 is 1.88. The molecule has 1 aromatic rings. The van der Waals surface area contributed by atoms with Gasteiger partial charge in [-0.25, -0.2) is 0 Å². The first-order valence-corrected chi connectivity index (χ1v) is 9.17. The number of likely N-dealkylation sites (tertiary alicyclic amines) is 1. The van der Waals surface area contributed by atoms with Crippen LogP contribution in [0.1, 0.15) is 42.6 Å². The van der Waals surface area contributed by atoms with Gasteiger partial charge in [-0.1, -0.05) is 0 Å². The number of hydrogen-bond donors (Lipinski definition) is 1. The smallest absolute Gasteiger partial charge is 0.231 e. The summed E-state index contributed by atoms with van der Waals surface area (Å²) in [6.07, 6.45) is 4.00. The number of nitrogens with two attached hydrogens (primary N) is 1. The molecule has 25 heavy (non-hydrogen) atoms. The molecule has 2 amide bonds. The maximum Gasteiger partial charge on any atom is 0.231 e. The van der Waals surface area contributed by atoms with E-state index in [4.69, 9.17) is 5.73 Å². The average Bonchev–Trinajstić information content (AvgIpc) is 3.35. The fourth-order valence-electron chi connectivity index (χ4n) is 3.85. The van der Waals surface area contributed by atoms with Gasteiger partial charge in [-0.15, -0.1) is 0 Å². The van der Waals surface area contributed by atoms with E-state index >= 15 is 0 Å². The molecule has 1 aliphatic carbocycles. The molecule has 1 saturated carbocycles. The number of amides is 2. The first-order valence-electron chi connectivity index (χ1n) is 9.17. The molecule has 2 N–H and O–H groups in total. The second-order valence-electron chi connectivity index (χ2n) is 7.51. The number of aromatic nitrogens is 2. The van der Waals surface area contributed by atoms with Gasteiger partial charge in [-0.3, -0.25) is 19.2 Å². The van der Waals surface area contributed by atoms with Gasteiger partial charge >= 0.3 is 0 Å². The second-order valence-corrected chi connectivity index (χ2v) is 7.51. The molecule has 1 atom stereocenters. The van der Waals surface area contributed by atoms with Crippen LogP contribution in [0.4, 0.5) is 0 Å². The highest BCUT2D eigenvalue weighted by Crippen LogP contribution is 2.32. The van der Waals surface area contributed by atoms with Crippen molar-refractivity contribution in [2.75, 3.05) is 19.6 Å². The van der Waals surface area contributed by atoms with Gasteiger partial charge in [-0.05, 0) is 46.1 Å². The highest BCUT2D eigenvalue weighted by Gasteiger charge is 2.38. The number of carbonyl (C=O) groups excluding carboxylic acids is 2. The minimum absolute atomic E-state index is 0.0361. The highest BCUT2D eigenvalue weighted by molar-refractivity contribution is 5.80. The molecule has 0 radical (unpaired) electrons. The van der Waals surface area contributed by atoms with Crippen molar-refractivity contribution < 1.29 is 9.59 Å². The van der Waals surface area contributed by atoms with Crippen LogP contribution in [-0.4, -0.2) is 57.1 Å². The molecule has 2 fully saturated rings. The lowest BCUT2D eigenvalue weighted by atomic mass is 9.96. The third-order valence-electron chi connectivity index (χ3n) is 5.49. The van der Waals surface area contributed by atoms with E-state index in [0.717, 1.165) is 49.2 Å². The largest absolute Gasteiger partial charge is 0.369 e. The van der Waals surface area contributed by atoms with Crippen LogP contribution in [0.15, 0.2) is 0 Å². The van der Waals surface area contributed by atoms with Crippen LogP contribution in [0.25, 0.3) is 0 Å². The summed E-state index contributed by atoms with van der Waals surface area (Å²) in [6.45, 7) is 6.43. The molecular formula is C18H29N5O2. The standard InChI is InChI=1S/C18H29N5O2/c1-12-16(13(2)21(3)20-12)10-23(15-6-7-15)18(25)14-5-4-8-22(9-14)11-17(19)24/h14-15H,4-11H2,1-3H3,(H2,19,24)/t14-/m0/s1. The van der Waals surface area contributed by atoms with Crippen molar-refractivity contribution in [1.82, 2.24) is 19.6 Å². The van der Waals surface area contributed by atoms with Gasteiger partial charge < -0.3 is 10.6 Å². The Morgan fingerprint density at radius 1 is 1.28 bits per heavy atom. The van der Waals surface area contributed by atoms with Crippen LogP contribution in [-0.2, 0) is 23.2 Å². The Morgan fingerprint density at radius 2 is 2.00 bits per heavy atom. The summed E-state index contributed by atoms with van der Waals surface area (Å²) >= 11 is 0. The Kier molecular flexibility index (Phi) is 5.13.